The predicted octanol–water partition coefficient (Wildman–Crippen LogP) is 4.05. The van der Waals surface area contributed by atoms with Gasteiger partial charge in [-0.05, 0) is 36.5 Å². The van der Waals surface area contributed by atoms with Gasteiger partial charge in [0.1, 0.15) is 0 Å². The average Bonchev–Trinajstić information content (AvgIpc) is 2.74. The van der Waals surface area contributed by atoms with E-state index >= 15 is 0 Å². The van der Waals surface area contributed by atoms with Crippen LogP contribution in [-0.4, -0.2) is 6.61 Å². The zero-order chi connectivity index (χ0) is 10.5. The van der Waals surface area contributed by atoms with Crippen molar-refractivity contribution in [1.82, 2.24) is 0 Å². The van der Waals surface area contributed by atoms with E-state index in [1.807, 2.05) is 24.3 Å². The fourth-order valence-corrected chi connectivity index (χ4v) is 2.23. The van der Waals surface area contributed by atoms with Crippen molar-refractivity contribution < 1.29 is 4.74 Å². The molecule has 0 radical (unpaired) electrons. The van der Waals surface area contributed by atoms with E-state index in [1.54, 1.807) is 0 Å². The smallest absolute Gasteiger partial charge is 0.0717 e. The first-order valence-electron chi connectivity index (χ1n) is 5.67. The van der Waals surface area contributed by atoms with E-state index in [2.05, 4.69) is 0 Å². The number of hydrogen-bond acceptors (Lipinski definition) is 1. The van der Waals surface area contributed by atoms with Crippen LogP contribution in [0, 0.1) is 5.92 Å². The van der Waals surface area contributed by atoms with E-state index < -0.39 is 0 Å². The van der Waals surface area contributed by atoms with Gasteiger partial charge in [-0.25, -0.2) is 0 Å². The Hall–Kier alpha value is -0.530. The van der Waals surface area contributed by atoms with Gasteiger partial charge >= 0.3 is 0 Å². The highest BCUT2D eigenvalue weighted by Crippen LogP contribution is 2.25. The van der Waals surface area contributed by atoms with Crippen LogP contribution < -0.4 is 0 Å². The van der Waals surface area contributed by atoms with E-state index in [-0.39, 0.29) is 0 Å². The molecule has 1 saturated carbocycles. The summed E-state index contributed by atoms with van der Waals surface area (Å²) in [5.74, 6) is 0.803. The Balaban J connectivity index is 1.71. The van der Waals surface area contributed by atoms with Crippen LogP contribution in [0.5, 0.6) is 0 Å². The molecule has 0 saturated heterocycles. The number of hydrogen-bond donors (Lipinski definition) is 0. The summed E-state index contributed by atoms with van der Waals surface area (Å²) in [5, 5.41) is 0.787. The predicted molar refractivity (Wildman–Crippen MR) is 63.1 cm³/mol. The van der Waals surface area contributed by atoms with Gasteiger partial charge in [0.2, 0.25) is 0 Å². The summed E-state index contributed by atoms with van der Waals surface area (Å²) in [4.78, 5) is 0. The zero-order valence-electron chi connectivity index (χ0n) is 8.92. The Morgan fingerprint density at radius 2 is 1.80 bits per heavy atom. The van der Waals surface area contributed by atoms with Gasteiger partial charge in [0, 0.05) is 11.6 Å². The molecule has 82 valence electrons. The molecule has 1 aromatic rings. The number of benzene rings is 1. The highest BCUT2D eigenvalue weighted by molar-refractivity contribution is 6.30. The topological polar surface area (TPSA) is 9.23 Å². The summed E-state index contributed by atoms with van der Waals surface area (Å²) >= 11 is 5.81. The fraction of sp³-hybridized carbons (Fsp3) is 0.538. The SMILES string of the molecule is Clc1ccc(COCC2CCCC2)cc1. The molecular formula is C13H17ClO. The Labute approximate surface area is 96.4 Å². The molecule has 1 aromatic carbocycles. The van der Waals surface area contributed by atoms with Crippen LogP contribution >= 0.6 is 11.6 Å². The maximum absolute atomic E-state index is 5.81. The Kier molecular flexibility index (Phi) is 4.04. The van der Waals surface area contributed by atoms with E-state index in [4.69, 9.17) is 16.3 Å². The molecule has 0 atom stereocenters. The summed E-state index contributed by atoms with van der Waals surface area (Å²) in [6.07, 6.45) is 5.46. The molecule has 0 spiro atoms. The molecule has 0 aromatic heterocycles. The van der Waals surface area contributed by atoms with Gasteiger partial charge in [0.25, 0.3) is 0 Å². The second-order valence-corrected chi connectivity index (χ2v) is 4.73. The number of rotatable bonds is 4. The first-order chi connectivity index (χ1) is 7.34. The summed E-state index contributed by atoms with van der Waals surface area (Å²) in [6, 6.07) is 7.87. The minimum atomic E-state index is 0.716. The molecule has 1 nitrogen and oxygen atoms in total. The monoisotopic (exact) mass is 224 g/mol. The molecule has 0 bridgehead atoms. The van der Waals surface area contributed by atoms with Gasteiger partial charge in [-0.3, -0.25) is 0 Å². The molecular weight excluding hydrogens is 208 g/mol. The average molecular weight is 225 g/mol. The summed E-state index contributed by atoms with van der Waals surface area (Å²) in [6.45, 7) is 1.64. The van der Waals surface area contributed by atoms with E-state index in [0.29, 0.717) is 6.61 Å². The van der Waals surface area contributed by atoms with Crippen molar-refractivity contribution in [2.24, 2.45) is 5.92 Å². The quantitative estimate of drug-likeness (QED) is 0.750. The third-order valence-electron chi connectivity index (χ3n) is 3.01. The van der Waals surface area contributed by atoms with Crippen molar-refractivity contribution in [3.63, 3.8) is 0 Å². The standard InChI is InChI=1S/C13H17ClO/c14-13-7-5-12(6-8-13)10-15-9-11-3-1-2-4-11/h5-8,11H,1-4,9-10H2. The third kappa shape index (κ3) is 3.51. The molecule has 0 heterocycles. The van der Waals surface area contributed by atoms with Gasteiger partial charge in [-0.2, -0.15) is 0 Å². The van der Waals surface area contributed by atoms with Crippen molar-refractivity contribution in [2.75, 3.05) is 6.61 Å². The van der Waals surface area contributed by atoms with Crippen molar-refractivity contribution in [3.05, 3.63) is 34.9 Å². The minimum absolute atomic E-state index is 0.716. The largest absolute Gasteiger partial charge is 0.376 e. The van der Waals surface area contributed by atoms with Gasteiger partial charge < -0.3 is 4.74 Å². The minimum Gasteiger partial charge on any atom is -0.376 e. The zero-order valence-corrected chi connectivity index (χ0v) is 9.67. The highest BCUT2D eigenvalue weighted by Gasteiger charge is 2.14. The fourth-order valence-electron chi connectivity index (χ4n) is 2.10. The maximum Gasteiger partial charge on any atom is 0.0717 e. The lowest BCUT2D eigenvalue weighted by Crippen LogP contribution is -2.05. The second kappa shape index (κ2) is 5.53. The lowest BCUT2D eigenvalue weighted by atomic mass is 10.1. The molecule has 2 rings (SSSR count). The van der Waals surface area contributed by atoms with Crippen LogP contribution in [0.25, 0.3) is 0 Å². The molecule has 0 N–H and O–H groups in total. The molecule has 0 unspecified atom stereocenters. The van der Waals surface area contributed by atoms with Crippen LogP contribution in [0.15, 0.2) is 24.3 Å². The second-order valence-electron chi connectivity index (χ2n) is 4.29. The number of halogens is 1. The van der Waals surface area contributed by atoms with Crippen molar-refractivity contribution >= 4 is 11.6 Å². The van der Waals surface area contributed by atoms with Crippen molar-refractivity contribution in [3.8, 4) is 0 Å². The van der Waals surface area contributed by atoms with Crippen LogP contribution in [-0.2, 0) is 11.3 Å². The van der Waals surface area contributed by atoms with Crippen molar-refractivity contribution in [2.45, 2.75) is 32.3 Å². The molecule has 1 aliphatic carbocycles. The van der Waals surface area contributed by atoms with Gasteiger partial charge in [0.15, 0.2) is 0 Å². The molecule has 1 fully saturated rings. The van der Waals surface area contributed by atoms with E-state index in [9.17, 15) is 0 Å². The maximum atomic E-state index is 5.81. The molecule has 0 aliphatic heterocycles. The first kappa shape index (κ1) is 11.0. The van der Waals surface area contributed by atoms with Crippen LogP contribution in [0.4, 0.5) is 0 Å². The summed E-state index contributed by atoms with van der Waals surface area (Å²) in [5.41, 5.74) is 1.21. The highest BCUT2D eigenvalue weighted by atomic mass is 35.5. The lowest BCUT2D eigenvalue weighted by Gasteiger charge is -2.09. The van der Waals surface area contributed by atoms with Crippen LogP contribution in [0.3, 0.4) is 0 Å². The van der Waals surface area contributed by atoms with E-state index in [1.165, 1.54) is 31.2 Å². The molecule has 2 heteroatoms. The third-order valence-corrected chi connectivity index (χ3v) is 3.26. The first-order valence-corrected chi connectivity index (χ1v) is 6.04. The Morgan fingerprint density at radius 3 is 2.47 bits per heavy atom. The summed E-state index contributed by atoms with van der Waals surface area (Å²) in [7, 11) is 0. The van der Waals surface area contributed by atoms with Gasteiger partial charge in [-0.1, -0.05) is 36.6 Å². The molecule has 15 heavy (non-hydrogen) atoms. The molecule has 0 amide bonds. The molecule has 1 aliphatic rings. The Bertz CT molecular complexity index is 288. The van der Waals surface area contributed by atoms with Crippen LogP contribution in [0.1, 0.15) is 31.2 Å². The summed E-state index contributed by atoms with van der Waals surface area (Å²) < 4.78 is 5.70. The number of ether oxygens (including phenoxy) is 1. The normalized spacial score (nSPS) is 17.1. The van der Waals surface area contributed by atoms with Gasteiger partial charge in [0.05, 0.1) is 6.61 Å². The lowest BCUT2D eigenvalue weighted by molar-refractivity contribution is 0.0889. The van der Waals surface area contributed by atoms with E-state index in [0.717, 1.165) is 17.5 Å². The van der Waals surface area contributed by atoms with Crippen molar-refractivity contribution in [1.29, 1.82) is 0 Å². The van der Waals surface area contributed by atoms with Crippen LogP contribution in [0.2, 0.25) is 5.02 Å². The van der Waals surface area contributed by atoms with Gasteiger partial charge in [-0.15, -0.1) is 0 Å². The Morgan fingerprint density at radius 1 is 1.13 bits per heavy atom.